The molecule has 0 saturated heterocycles. The minimum Gasteiger partial charge on any atom is -0.318 e. The molecular formula is C25H20ClFN6. The van der Waals surface area contributed by atoms with E-state index in [4.69, 9.17) is 17.3 Å². The zero-order valence-corrected chi connectivity index (χ0v) is 18.8. The summed E-state index contributed by atoms with van der Waals surface area (Å²) < 4.78 is 15.5. The van der Waals surface area contributed by atoms with E-state index in [1.165, 1.54) is 6.07 Å². The van der Waals surface area contributed by atoms with E-state index in [0.717, 1.165) is 22.6 Å². The lowest BCUT2D eigenvalue weighted by Crippen LogP contribution is -2.40. The molecule has 164 valence electrons. The first-order valence-electron chi connectivity index (χ1n) is 10.2. The van der Waals surface area contributed by atoms with Crippen LogP contribution >= 0.6 is 11.6 Å². The molecule has 6 nitrogen and oxygen atoms in total. The Morgan fingerprint density at radius 2 is 1.85 bits per heavy atom. The highest BCUT2D eigenvalue weighted by molar-refractivity contribution is 6.30. The summed E-state index contributed by atoms with van der Waals surface area (Å²) in [5, 5.41) is 25.8. The van der Waals surface area contributed by atoms with Crippen LogP contribution in [0.4, 0.5) is 10.1 Å². The van der Waals surface area contributed by atoms with Crippen molar-refractivity contribution in [2.45, 2.75) is 20.0 Å². The van der Waals surface area contributed by atoms with Gasteiger partial charge in [0.25, 0.3) is 0 Å². The topological polar surface area (TPSA) is 94.1 Å². The number of rotatable bonds is 4. The van der Waals surface area contributed by atoms with E-state index in [1.807, 2.05) is 54.8 Å². The molecule has 0 aliphatic carbocycles. The van der Waals surface area contributed by atoms with Crippen LogP contribution in [0.2, 0.25) is 5.02 Å². The van der Waals surface area contributed by atoms with E-state index >= 15 is 0 Å². The van der Waals surface area contributed by atoms with Gasteiger partial charge in [-0.25, -0.2) is 9.40 Å². The number of aromatic nitrogens is 1. The van der Waals surface area contributed by atoms with Crippen LogP contribution in [0.1, 0.15) is 17.0 Å². The van der Waals surface area contributed by atoms with Gasteiger partial charge in [-0.3, -0.25) is 0 Å². The third-order valence-corrected chi connectivity index (χ3v) is 5.91. The van der Waals surface area contributed by atoms with E-state index in [1.54, 1.807) is 23.2 Å². The van der Waals surface area contributed by atoms with E-state index in [2.05, 4.69) is 17.2 Å². The molecule has 1 aliphatic heterocycles. The number of halogens is 2. The fourth-order valence-corrected chi connectivity index (χ4v) is 4.17. The fourth-order valence-electron chi connectivity index (χ4n) is 3.99. The predicted molar refractivity (Wildman–Crippen MR) is 127 cm³/mol. The molecule has 2 N–H and O–H groups in total. The van der Waals surface area contributed by atoms with Gasteiger partial charge >= 0.3 is 0 Å². The molecule has 0 unspecified atom stereocenters. The van der Waals surface area contributed by atoms with Crippen LogP contribution in [-0.2, 0) is 0 Å². The number of nitriles is 2. The Morgan fingerprint density at radius 1 is 1.12 bits per heavy atom. The van der Waals surface area contributed by atoms with Gasteiger partial charge in [0.1, 0.15) is 24.0 Å². The Balaban J connectivity index is 1.77. The minimum atomic E-state index is -0.768. The van der Waals surface area contributed by atoms with Gasteiger partial charge in [-0.15, -0.1) is 0 Å². The number of para-hydroxylation sites is 1. The van der Waals surface area contributed by atoms with Crippen molar-refractivity contribution < 1.29 is 4.39 Å². The van der Waals surface area contributed by atoms with Crippen molar-refractivity contribution in [3.63, 3.8) is 0 Å². The zero-order chi connectivity index (χ0) is 23.7. The number of hydrogen-bond donors (Lipinski definition) is 1. The van der Waals surface area contributed by atoms with Crippen LogP contribution in [0.3, 0.4) is 0 Å². The first kappa shape index (κ1) is 22.3. The van der Waals surface area contributed by atoms with Crippen LogP contribution in [0.25, 0.3) is 11.8 Å². The number of hydrazone groups is 1. The van der Waals surface area contributed by atoms with Crippen molar-refractivity contribution in [2.24, 2.45) is 16.8 Å². The molecule has 4 rings (SSSR count). The summed E-state index contributed by atoms with van der Waals surface area (Å²) in [6, 6.07) is 20.1. The number of benzene rings is 2. The standard InChI is InChI=1S/C25H20ClFN6/c1-15-10-17(16(2)32(15)20-8-9-23(27)22(26)12-20)11-18(13-28)24-21(14-29)25(30)33(31-24)19-6-4-3-5-7-19/h3-12,21,25H,30H2,1-2H3/b18-11-/t21-,25-/m0/s1. The predicted octanol–water partition coefficient (Wildman–Crippen LogP) is 5.09. The summed E-state index contributed by atoms with van der Waals surface area (Å²) in [4.78, 5) is 0. The average Bonchev–Trinajstić information content (AvgIpc) is 3.29. The molecule has 0 fully saturated rings. The zero-order valence-electron chi connectivity index (χ0n) is 18.0. The SMILES string of the molecule is Cc1cc(/C=C(/C#N)C2=NN(c3ccccc3)[C@H](N)[C@H]2C#N)c(C)n1-c1ccc(F)c(Cl)c1. The Morgan fingerprint density at radius 3 is 2.48 bits per heavy atom. The van der Waals surface area contributed by atoms with Gasteiger partial charge in [0.05, 0.1) is 28.1 Å². The number of nitrogens with zero attached hydrogens (tertiary/aromatic N) is 5. The van der Waals surface area contributed by atoms with Crippen LogP contribution in [0.5, 0.6) is 0 Å². The Kier molecular flexibility index (Phi) is 6.02. The quantitative estimate of drug-likeness (QED) is 0.550. The van der Waals surface area contributed by atoms with E-state index < -0.39 is 17.9 Å². The van der Waals surface area contributed by atoms with Crippen LogP contribution in [-0.4, -0.2) is 16.4 Å². The summed E-state index contributed by atoms with van der Waals surface area (Å²) >= 11 is 5.97. The molecule has 2 atom stereocenters. The summed E-state index contributed by atoms with van der Waals surface area (Å²) in [6.07, 6.45) is 0.992. The van der Waals surface area contributed by atoms with Crippen molar-refractivity contribution in [3.8, 4) is 17.8 Å². The van der Waals surface area contributed by atoms with Crippen LogP contribution < -0.4 is 10.7 Å². The number of hydrogen-bond acceptors (Lipinski definition) is 5. The van der Waals surface area contributed by atoms with Crippen molar-refractivity contribution in [3.05, 3.63) is 88.0 Å². The molecule has 0 spiro atoms. The van der Waals surface area contributed by atoms with Gasteiger partial charge in [0.2, 0.25) is 0 Å². The van der Waals surface area contributed by atoms with E-state index in [9.17, 15) is 14.9 Å². The van der Waals surface area contributed by atoms with Gasteiger partial charge in [-0.05, 0) is 61.9 Å². The second-order valence-corrected chi connectivity index (χ2v) is 8.10. The maximum absolute atomic E-state index is 13.6. The highest BCUT2D eigenvalue weighted by Gasteiger charge is 2.37. The number of nitrogens with two attached hydrogens (primary N) is 1. The second-order valence-electron chi connectivity index (χ2n) is 7.69. The molecule has 8 heteroatoms. The fraction of sp³-hybridized carbons (Fsp3) is 0.160. The lowest BCUT2D eigenvalue weighted by Gasteiger charge is -2.21. The van der Waals surface area contributed by atoms with Gasteiger partial charge in [-0.1, -0.05) is 29.8 Å². The van der Waals surface area contributed by atoms with Crippen molar-refractivity contribution in [1.29, 1.82) is 10.5 Å². The van der Waals surface area contributed by atoms with Crippen LogP contribution in [0.15, 0.2) is 65.3 Å². The molecule has 0 amide bonds. The maximum Gasteiger partial charge on any atom is 0.141 e. The number of allylic oxidation sites excluding steroid dienone is 1. The molecule has 2 aromatic carbocycles. The first-order valence-corrected chi connectivity index (χ1v) is 10.6. The Labute approximate surface area is 196 Å². The second kappa shape index (κ2) is 8.91. The van der Waals surface area contributed by atoms with E-state index in [0.29, 0.717) is 11.4 Å². The van der Waals surface area contributed by atoms with E-state index in [-0.39, 0.29) is 10.6 Å². The lowest BCUT2D eigenvalue weighted by molar-refractivity contribution is 0.624. The van der Waals surface area contributed by atoms with Crippen molar-refractivity contribution >= 4 is 29.1 Å². The summed E-state index contributed by atoms with van der Waals surface area (Å²) in [7, 11) is 0. The van der Waals surface area contributed by atoms with Crippen LogP contribution in [0, 0.1) is 48.2 Å². The lowest BCUT2D eigenvalue weighted by atomic mass is 9.95. The Hall–Kier alpha value is -3.91. The maximum atomic E-state index is 13.6. The smallest absolute Gasteiger partial charge is 0.141 e. The molecular weight excluding hydrogens is 439 g/mol. The molecule has 0 radical (unpaired) electrons. The third-order valence-electron chi connectivity index (χ3n) is 5.62. The summed E-state index contributed by atoms with van der Waals surface area (Å²) in [5.41, 5.74) is 10.8. The van der Waals surface area contributed by atoms with Crippen molar-refractivity contribution in [1.82, 2.24) is 4.57 Å². The third kappa shape index (κ3) is 4.01. The average molecular weight is 459 g/mol. The summed E-state index contributed by atoms with van der Waals surface area (Å²) in [6.45, 7) is 3.80. The normalized spacial score (nSPS) is 18.1. The largest absolute Gasteiger partial charge is 0.318 e. The molecule has 1 aliphatic rings. The molecule has 2 heterocycles. The monoisotopic (exact) mass is 458 g/mol. The van der Waals surface area contributed by atoms with Gasteiger partial charge in [0.15, 0.2) is 0 Å². The molecule has 3 aromatic rings. The Bertz CT molecular complexity index is 1360. The highest BCUT2D eigenvalue weighted by atomic mass is 35.5. The molecule has 0 bridgehead atoms. The summed E-state index contributed by atoms with van der Waals surface area (Å²) in [5.74, 6) is -1.26. The number of anilines is 1. The van der Waals surface area contributed by atoms with Gasteiger partial charge in [0, 0.05) is 17.1 Å². The van der Waals surface area contributed by atoms with Crippen molar-refractivity contribution in [2.75, 3.05) is 5.01 Å². The first-order chi connectivity index (χ1) is 15.8. The molecule has 1 aromatic heterocycles. The number of aryl methyl sites for hydroxylation is 1. The minimum absolute atomic E-state index is 0.0296. The highest BCUT2D eigenvalue weighted by Crippen LogP contribution is 2.30. The molecule has 33 heavy (non-hydrogen) atoms. The van der Waals surface area contributed by atoms with Gasteiger partial charge in [-0.2, -0.15) is 15.6 Å². The molecule has 0 saturated carbocycles. The van der Waals surface area contributed by atoms with Gasteiger partial charge < -0.3 is 10.3 Å².